The number of nitrogens with zero attached hydrogens (tertiary/aromatic N) is 1. The number of hydrogen-bond donors (Lipinski definition) is 0. The SMILES string of the molecule is CCCC(C)(C=O)CN(C)CCOC(C)C. The first-order valence-electron chi connectivity index (χ1n) is 6.20. The minimum atomic E-state index is -0.207. The van der Waals surface area contributed by atoms with Crippen molar-refractivity contribution in [2.24, 2.45) is 5.41 Å². The van der Waals surface area contributed by atoms with E-state index >= 15 is 0 Å². The van der Waals surface area contributed by atoms with E-state index in [0.717, 1.165) is 38.8 Å². The van der Waals surface area contributed by atoms with Gasteiger partial charge in [-0.15, -0.1) is 0 Å². The summed E-state index contributed by atoms with van der Waals surface area (Å²) in [5.41, 5.74) is -0.207. The number of rotatable bonds is 9. The first-order chi connectivity index (χ1) is 7.43. The Hall–Kier alpha value is -0.410. The maximum absolute atomic E-state index is 11.1. The summed E-state index contributed by atoms with van der Waals surface area (Å²) < 4.78 is 5.49. The van der Waals surface area contributed by atoms with Crippen LogP contribution < -0.4 is 0 Å². The number of carbonyl (C=O) groups excluding carboxylic acids is 1. The number of carbonyl (C=O) groups is 1. The van der Waals surface area contributed by atoms with Crippen molar-refractivity contribution in [1.29, 1.82) is 0 Å². The van der Waals surface area contributed by atoms with Crippen LogP contribution in [0.2, 0.25) is 0 Å². The Morgan fingerprint density at radius 1 is 1.44 bits per heavy atom. The van der Waals surface area contributed by atoms with Gasteiger partial charge in [-0.05, 0) is 27.3 Å². The van der Waals surface area contributed by atoms with Crippen LogP contribution in [-0.2, 0) is 9.53 Å². The molecule has 0 aromatic rings. The summed E-state index contributed by atoms with van der Waals surface area (Å²) >= 11 is 0. The zero-order valence-corrected chi connectivity index (χ0v) is 11.5. The molecular weight excluding hydrogens is 202 g/mol. The van der Waals surface area contributed by atoms with Gasteiger partial charge in [-0.1, -0.05) is 20.3 Å². The Bertz CT molecular complexity index is 194. The molecule has 0 amide bonds. The van der Waals surface area contributed by atoms with Crippen molar-refractivity contribution in [2.75, 3.05) is 26.7 Å². The molecule has 0 N–H and O–H groups in total. The Morgan fingerprint density at radius 3 is 2.50 bits per heavy atom. The van der Waals surface area contributed by atoms with Crippen molar-refractivity contribution < 1.29 is 9.53 Å². The third kappa shape index (κ3) is 6.96. The smallest absolute Gasteiger partial charge is 0.127 e. The Morgan fingerprint density at radius 2 is 2.06 bits per heavy atom. The van der Waals surface area contributed by atoms with Crippen LogP contribution in [0, 0.1) is 5.41 Å². The third-order valence-electron chi connectivity index (χ3n) is 2.66. The molecule has 0 heterocycles. The van der Waals surface area contributed by atoms with E-state index in [1.165, 1.54) is 0 Å². The molecule has 0 rings (SSSR count). The molecular formula is C13H27NO2. The second-order valence-electron chi connectivity index (χ2n) is 5.18. The number of ether oxygens (including phenoxy) is 1. The molecule has 1 atom stereocenters. The van der Waals surface area contributed by atoms with E-state index in [1.807, 2.05) is 27.8 Å². The lowest BCUT2D eigenvalue weighted by Crippen LogP contribution is -2.36. The molecule has 16 heavy (non-hydrogen) atoms. The average molecular weight is 229 g/mol. The Kier molecular flexibility index (Phi) is 7.60. The summed E-state index contributed by atoms with van der Waals surface area (Å²) in [5, 5.41) is 0. The number of aldehydes is 1. The Labute approximate surface area is 100 Å². The summed E-state index contributed by atoms with van der Waals surface area (Å²) in [5.74, 6) is 0. The van der Waals surface area contributed by atoms with Crippen LogP contribution in [0.25, 0.3) is 0 Å². The van der Waals surface area contributed by atoms with Crippen LogP contribution in [0.5, 0.6) is 0 Å². The monoisotopic (exact) mass is 229 g/mol. The molecule has 0 saturated carbocycles. The fraction of sp³-hybridized carbons (Fsp3) is 0.923. The van der Waals surface area contributed by atoms with Gasteiger partial charge in [-0.2, -0.15) is 0 Å². The molecule has 96 valence electrons. The van der Waals surface area contributed by atoms with Crippen molar-refractivity contribution in [3.63, 3.8) is 0 Å². The average Bonchev–Trinajstić information content (AvgIpc) is 2.17. The van der Waals surface area contributed by atoms with Gasteiger partial charge >= 0.3 is 0 Å². The normalized spacial score (nSPS) is 15.4. The van der Waals surface area contributed by atoms with Crippen LogP contribution in [0.4, 0.5) is 0 Å². The molecule has 3 heteroatoms. The quantitative estimate of drug-likeness (QED) is 0.568. The van der Waals surface area contributed by atoms with Crippen LogP contribution in [0.1, 0.15) is 40.5 Å². The predicted molar refractivity (Wildman–Crippen MR) is 67.7 cm³/mol. The van der Waals surface area contributed by atoms with E-state index in [4.69, 9.17) is 4.74 Å². The van der Waals surface area contributed by atoms with E-state index < -0.39 is 0 Å². The van der Waals surface area contributed by atoms with Crippen LogP contribution in [0.3, 0.4) is 0 Å². The molecule has 0 radical (unpaired) electrons. The predicted octanol–water partition coefficient (Wildman–Crippen LogP) is 2.35. The molecule has 0 aromatic carbocycles. The molecule has 0 bridgehead atoms. The van der Waals surface area contributed by atoms with Gasteiger partial charge in [0.15, 0.2) is 0 Å². The van der Waals surface area contributed by atoms with E-state index in [-0.39, 0.29) is 11.5 Å². The molecule has 0 spiro atoms. The number of hydrogen-bond acceptors (Lipinski definition) is 3. The van der Waals surface area contributed by atoms with Gasteiger partial charge in [0, 0.05) is 18.5 Å². The van der Waals surface area contributed by atoms with Gasteiger partial charge in [0.1, 0.15) is 6.29 Å². The number of likely N-dealkylation sites (N-methyl/N-ethyl adjacent to an activating group) is 1. The van der Waals surface area contributed by atoms with Crippen molar-refractivity contribution in [3.8, 4) is 0 Å². The highest BCUT2D eigenvalue weighted by Crippen LogP contribution is 2.21. The summed E-state index contributed by atoms with van der Waals surface area (Å²) in [4.78, 5) is 13.2. The molecule has 0 aliphatic rings. The summed E-state index contributed by atoms with van der Waals surface area (Å²) in [6, 6.07) is 0. The van der Waals surface area contributed by atoms with Crippen molar-refractivity contribution in [2.45, 2.75) is 46.6 Å². The van der Waals surface area contributed by atoms with Gasteiger partial charge in [0.2, 0.25) is 0 Å². The summed E-state index contributed by atoms with van der Waals surface area (Å²) in [6.07, 6.45) is 3.37. The van der Waals surface area contributed by atoms with Crippen molar-refractivity contribution in [3.05, 3.63) is 0 Å². The van der Waals surface area contributed by atoms with Gasteiger partial charge in [0.05, 0.1) is 12.7 Å². The van der Waals surface area contributed by atoms with Gasteiger partial charge in [-0.25, -0.2) is 0 Å². The minimum absolute atomic E-state index is 0.207. The van der Waals surface area contributed by atoms with Crippen molar-refractivity contribution in [1.82, 2.24) is 4.90 Å². The molecule has 1 unspecified atom stereocenters. The maximum atomic E-state index is 11.1. The molecule has 3 nitrogen and oxygen atoms in total. The second-order valence-corrected chi connectivity index (χ2v) is 5.18. The zero-order valence-electron chi connectivity index (χ0n) is 11.5. The highest BCUT2D eigenvalue weighted by Gasteiger charge is 2.24. The fourth-order valence-electron chi connectivity index (χ4n) is 1.89. The minimum Gasteiger partial charge on any atom is -0.377 e. The zero-order chi connectivity index (χ0) is 12.6. The van der Waals surface area contributed by atoms with Gasteiger partial charge < -0.3 is 14.4 Å². The topological polar surface area (TPSA) is 29.5 Å². The summed E-state index contributed by atoms with van der Waals surface area (Å²) in [6.45, 7) is 10.6. The van der Waals surface area contributed by atoms with Crippen molar-refractivity contribution >= 4 is 6.29 Å². The molecule has 0 aliphatic heterocycles. The Balaban J connectivity index is 3.91. The molecule has 0 fully saturated rings. The lowest BCUT2D eigenvalue weighted by Gasteiger charge is -2.28. The highest BCUT2D eigenvalue weighted by molar-refractivity contribution is 5.58. The van der Waals surface area contributed by atoms with Gasteiger partial charge in [-0.3, -0.25) is 0 Å². The van der Waals surface area contributed by atoms with Gasteiger partial charge in [0.25, 0.3) is 0 Å². The van der Waals surface area contributed by atoms with E-state index in [9.17, 15) is 4.79 Å². The standard InChI is InChI=1S/C13H27NO2/c1-6-7-13(4,11-15)10-14(5)8-9-16-12(2)3/h11-12H,6-10H2,1-5H3. The van der Waals surface area contributed by atoms with Crippen LogP contribution in [-0.4, -0.2) is 44.0 Å². The van der Waals surface area contributed by atoms with E-state index in [2.05, 4.69) is 11.8 Å². The van der Waals surface area contributed by atoms with E-state index in [0.29, 0.717) is 0 Å². The maximum Gasteiger partial charge on any atom is 0.127 e. The van der Waals surface area contributed by atoms with Crippen LogP contribution in [0.15, 0.2) is 0 Å². The first-order valence-corrected chi connectivity index (χ1v) is 6.20. The first kappa shape index (κ1) is 15.6. The van der Waals surface area contributed by atoms with Crippen LogP contribution >= 0.6 is 0 Å². The molecule has 0 aromatic heterocycles. The molecule has 0 saturated heterocycles. The van der Waals surface area contributed by atoms with E-state index in [1.54, 1.807) is 0 Å². The fourth-order valence-corrected chi connectivity index (χ4v) is 1.89. The second kappa shape index (κ2) is 7.80. The largest absolute Gasteiger partial charge is 0.377 e. The lowest BCUT2D eigenvalue weighted by atomic mass is 9.87. The summed E-state index contributed by atoms with van der Waals surface area (Å²) in [7, 11) is 2.04. The third-order valence-corrected chi connectivity index (χ3v) is 2.66. The highest BCUT2D eigenvalue weighted by atomic mass is 16.5. The molecule has 0 aliphatic carbocycles. The lowest BCUT2D eigenvalue weighted by molar-refractivity contribution is -0.116.